The Labute approximate surface area is 234 Å². The summed E-state index contributed by atoms with van der Waals surface area (Å²) in [4.78, 5) is 21.7. The molecule has 15 heteroatoms. The van der Waals surface area contributed by atoms with Crippen molar-refractivity contribution < 1.29 is 40.3 Å². The zero-order valence-corrected chi connectivity index (χ0v) is 23.4. The van der Waals surface area contributed by atoms with Crippen LogP contribution in [0.5, 0.6) is 0 Å². The van der Waals surface area contributed by atoms with Crippen molar-refractivity contribution in [3.8, 4) is 0 Å². The highest BCUT2D eigenvalue weighted by Crippen LogP contribution is 2.32. The van der Waals surface area contributed by atoms with Crippen molar-refractivity contribution in [2.24, 2.45) is 0 Å². The molecule has 0 aliphatic rings. The third-order valence-corrected chi connectivity index (χ3v) is 6.52. The predicted molar refractivity (Wildman–Crippen MR) is 144 cm³/mol. The van der Waals surface area contributed by atoms with Gasteiger partial charge in [0.15, 0.2) is 23.3 Å². The Morgan fingerprint density at radius 2 is 1.76 bits per heavy atom. The molecule has 2 aromatic carbocycles. The van der Waals surface area contributed by atoms with Crippen molar-refractivity contribution in [2.45, 2.75) is 33.3 Å². The number of methoxy groups -OCH3 is 1. The van der Waals surface area contributed by atoms with Gasteiger partial charge in [-0.2, -0.15) is 13.1 Å². The Morgan fingerprint density at radius 1 is 1.02 bits per heavy atom. The van der Waals surface area contributed by atoms with Crippen LogP contribution in [0.15, 0.2) is 36.5 Å². The summed E-state index contributed by atoms with van der Waals surface area (Å²) >= 11 is 0. The number of halogens is 4. The fourth-order valence-electron chi connectivity index (χ4n) is 3.53. The number of aromatic nitrogens is 1. The molecule has 1 amide bonds. The van der Waals surface area contributed by atoms with Crippen molar-refractivity contribution in [3.05, 3.63) is 82.1 Å². The minimum absolute atomic E-state index is 0.0568. The first-order valence-electron chi connectivity index (χ1n) is 12.2. The van der Waals surface area contributed by atoms with Crippen LogP contribution in [0.3, 0.4) is 0 Å². The number of anilines is 3. The van der Waals surface area contributed by atoms with Crippen LogP contribution in [-0.2, 0) is 26.2 Å². The minimum atomic E-state index is -4.23. The molecule has 1 heterocycles. The monoisotopic (exact) mass is 599 g/mol. The summed E-state index contributed by atoms with van der Waals surface area (Å²) in [5, 5.41) is 2.42. The number of rotatable bonds is 13. The molecule has 3 rings (SSSR count). The third kappa shape index (κ3) is 8.36. The van der Waals surface area contributed by atoms with E-state index in [1.807, 2.05) is 4.72 Å². The number of nitrogens with one attached hydrogen (secondary N) is 4. The number of aryl methyl sites for hydroxylation is 1. The molecule has 41 heavy (non-hydrogen) atoms. The van der Waals surface area contributed by atoms with Gasteiger partial charge in [-0.1, -0.05) is 6.07 Å². The average Bonchev–Trinajstić information content (AvgIpc) is 2.90. The van der Waals surface area contributed by atoms with E-state index in [0.717, 1.165) is 24.4 Å². The predicted octanol–water partition coefficient (Wildman–Crippen LogP) is 4.24. The number of benzene rings is 2. The lowest BCUT2D eigenvalue weighted by Gasteiger charge is -2.18. The lowest BCUT2D eigenvalue weighted by Crippen LogP contribution is -2.33. The molecule has 0 atom stereocenters. The SMILES string of the molecule is COCCNS(=O)(=O)Nc1nccc(Cc2cc(C(=O)NOC(C)C)c(Nc3ccc(C)cc3F)c(F)c2F)c1F. The quantitative estimate of drug-likeness (QED) is 0.131. The summed E-state index contributed by atoms with van der Waals surface area (Å²) < 4.78 is 93.6. The molecular weight excluding hydrogens is 570 g/mol. The maximum absolute atomic E-state index is 15.4. The van der Waals surface area contributed by atoms with Gasteiger partial charge in [0.2, 0.25) is 0 Å². The van der Waals surface area contributed by atoms with Crippen LogP contribution in [0.25, 0.3) is 0 Å². The molecule has 0 saturated heterocycles. The van der Waals surface area contributed by atoms with Gasteiger partial charge in [0.1, 0.15) is 5.82 Å². The molecule has 222 valence electrons. The number of hydroxylamine groups is 1. The summed E-state index contributed by atoms with van der Waals surface area (Å²) in [5.41, 5.74) is 0.611. The highest BCUT2D eigenvalue weighted by Gasteiger charge is 2.25. The molecule has 0 fully saturated rings. The van der Waals surface area contributed by atoms with E-state index in [4.69, 9.17) is 9.57 Å². The molecule has 0 radical (unpaired) electrons. The van der Waals surface area contributed by atoms with E-state index in [0.29, 0.717) is 5.56 Å². The Bertz CT molecular complexity index is 1520. The van der Waals surface area contributed by atoms with Crippen LogP contribution < -0.4 is 20.2 Å². The molecule has 0 aliphatic heterocycles. The lowest BCUT2D eigenvalue weighted by molar-refractivity contribution is 0.000216. The van der Waals surface area contributed by atoms with E-state index >= 15 is 13.2 Å². The number of carbonyl (C=O) groups is 1. The summed E-state index contributed by atoms with van der Waals surface area (Å²) in [6, 6.07) is 6.08. The number of amides is 1. The number of nitrogens with zero attached hydrogens (tertiary/aromatic N) is 1. The highest BCUT2D eigenvalue weighted by atomic mass is 32.2. The normalized spacial score (nSPS) is 11.5. The smallest absolute Gasteiger partial charge is 0.300 e. The maximum atomic E-state index is 15.4. The molecule has 10 nitrogen and oxygen atoms in total. The van der Waals surface area contributed by atoms with Crippen molar-refractivity contribution in [2.75, 3.05) is 30.3 Å². The lowest BCUT2D eigenvalue weighted by atomic mass is 9.99. The molecule has 0 spiro atoms. The molecule has 4 N–H and O–H groups in total. The van der Waals surface area contributed by atoms with E-state index in [-0.39, 0.29) is 24.4 Å². The second-order valence-electron chi connectivity index (χ2n) is 9.09. The van der Waals surface area contributed by atoms with E-state index in [1.165, 1.54) is 19.2 Å². The second-order valence-corrected chi connectivity index (χ2v) is 10.6. The van der Waals surface area contributed by atoms with Crippen LogP contribution in [-0.4, -0.2) is 45.7 Å². The first-order valence-corrected chi connectivity index (χ1v) is 13.7. The van der Waals surface area contributed by atoms with Gasteiger partial charge < -0.3 is 10.1 Å². The largest absolute Gasteiger partial charge is 0.383 e. The average molecular weight is 600 g/mol. The topological polar surface area (TPSA) is 131 Å². The molecule has 0 bridgehead atoms. The van der Waals surface area contributed by atoms with Crippen LogP contribution >= 0.6 is 0 Å². The van der Waals surface area contributed by atoms with Gasteiger partial charge in [0.05, 0.1) is 29.6 Å². The summed E-state index contributed by atoms with van der Waals surface area (Å²) in [6.45, 7) is 4.82. The fraction of sp³-hybridized carbons (Fsp3) is 0.308. The summed E-state index contributed by atoms with van der Waals surface area (Å²) in [6.07, 6.45) is -0.000378. The fourth-order valence-corrected chi connectivity index (χ4v) is 4.35. The minimum Gasteiger partial charge on any atom is -0.383 e. The van der Waals surface area contributed by atoms with Gasteiger partial charge in [-0.05, 0) is 61.7 Å². The number of ether oxygens (including phenoxy) is 1. The summed E-state index contributed by atoms with van der Waals surface area (Å²) in [5.74, 6) is -6.58. The third-order valence-electron chi connectivity index (χ3n) is 5.48. The van der Waals surface area contributed by atoms with Crippen molar-refractivity contribution in [1.29, 1.82) is 0 Å². The molecule has 1 aromatic heterocycles. The van der Waals surface area contributed by atoms with E-state index < -0.39 is 74.5 Å². The van der Waals surface area contributed by atoms with Gasteiger partial charge in [-0.25, -0.2) is 28.0 Å². The first kappa shape index (κ1) is 31.7. The van der Waals surface area contributed by atoms with Crippen LogP contribution in [0.1, 0.15) is 40.9 Å². The van der Waals surface area contributed by atoms with Gasteiger partial charge in [0, 0.05) is 26.3 Å². The van der Waals surface area contributed by atoms with E-state index in [2.05, 4.69) is 20.5 Å². The number of hydrogen-bond acceptors (Lipinski definition) is 7. The zero-order chi connectivity index (χ0) is 30.3. The van der Waals surface area contributed by atoms with Gasteiger partial charge >= 0.3 is 0 Å². The number of hydrogen-bond donors (Lipinski definition) is 4. The molecular formula is C26H29F4N5O5S. The Kier molecular flexibility index (Phi) is 10.6. The van der Waals surface area contributed by atoms with Crippen molar-refractivity contribution >= 4 is 33.3 Å². The van der Waals surface area contributed by atoms with Crippen molar-refractivity contribution in [1.82, 2.24) is 15.2 Å². The Balaban J connectivity index is 2.01. The molecule has 0 aliphatic carbocycles. The van der Waals surface area contributed by atoms with Crippen LogP contribution in [0.4, 0.5) is 34.8 Å². The van der Waals surface area contributed by atoms with E-state index in [9.17, 15) is 17.6 Å². The molecule has 0 unspecified atom stereocenters. The Hall–Kier alpha value is -3.79. The standard InChI is InChI=1S/C26H29F4N5O5S/c1-14(2)40-34-26(36)18-13-17(21(28)23(30)24(18)33-20-6-5-15(3)11-19(20)27)12-16-7-8-31-25(22(16)29)35-41(37,38)32-9-10-39-4/h5-8,11,13-14,32-33H,9-10,12H2,1-4H3,(H,31,35)(H,34,36). The second kappa shape index (κ2) is 13.7. The summed E-state index contributed by atoms with van der Waals surface area (Å²) in [7, 11) is -2.86. The maximum Gasteiger partial charge on any atom is 0.300 e. The van der Waals surface area contributed by atoms with Gasteiger partial charge in [0.25, 0.3) is 16.1 Å². The first-order chi connectivity index (χ1) is 19.3. The van der Waals surface area contributed by atoms with Crippen LogP contribution in [0.2, 0.25) is 0 Å². The van der Waals surface area contributed by atoms with Crippen molar-refractivity contribution in [3.63, 3.8) is 0 Å². The van der Waals surface area contributed by atoms with Gasteiger partial charge in [-0.15, -0.1) is 0 Å². The number of pyridine rings is 1. The Morgan fingerprint density at radius 3 is 2.41 bits per heavy atom. The zero-order valence-electron chi connectivity index (χ0n) is 22.6. The van der Waals surface area contributed by atoms with Crippen LogP contribution in [0, 0.1) is 30.2 Å². The van der Waals surface area contributed by atoms with Gasteiger partial charge in [-0.3, -0.25) is 14.4 Å². The van der Waals surface area contributed by atoms with E-state index in [1.54, 1.807) is 20.8 Å². The highest BCUT2D eigenvalue weighted by molar-refractivity contribution is 7.90. The molecule has 0 saturated carbocycles. The molecule has 3 aromatic rings. The number of carbonyl (C=O) groups excluding carboxylic acids is 1.